The van der Waals surface area contributed by atoms with E-state index >= 15 is 0 Å². The van der Waals surface area contributed by atoms with Gasteiger partial charge in [-0.15, -0.1) is 6.58 Å². The molecule has 0 aromatic rings. The van der Waals surface area contributed by atoms with E-state index in [0.717, 1.165) is 38.8 Å². The maximum Gasteiger partial charge on any atom is 0.0829 e. The van der Waals surface area contributed by atoms with Crippen LogP contribution in [0.15, 0.2) is 12.7 Å². The minimum Gasteiger partial charge on any atom is -0.374 e. The van der Waals surface area contributed by atoms with E-state index in [9.17, 15) is 0 Å². The van der Waals surface area contributed by atoms with E-state index in [1.54, 1.807) is 0 Å². The molecule has 2 heteroatoms. The maximum absolute atomic E-state index is 6.04. The van der Waals surface area contributed by atoms with Crippen molar-refractivity contribution in [3.05, 3.63) is 12.7 Å². The highest BCUT2D eigenvalue weighted by atomic mass is 16.5. The highest BCUT2D eigenvalue weighted by molar-refractivity contribution is 4.92. The molecule has 0 aromatic heterocycles. The molecule has 0 saturated carbocycles. The lowest BCUT2D eigenvalue weighted by Gasteiger charge is -2.40. The average Bonchev–Trinajstić information content (AvgIpc) is 2.32. The van der Waals surface area contributed by atoms with E-state index < -0.39 is 0 Å². The third kappa shape index (κ3) is 4.26. The largest absolute Gasteiger partial charge is 0.374 e. The summed E-state index contributed by atoms with van der Waals surface area (Å²) in [5.41, 5.74) is -0.00618. The van der Waals surface area contributed by atoms with Crippen molar-refractivity contribution in [1.82, 2.24) is 5.32 Å². The summed E-state index contributed by atoms with van der Waals surface area (Å²) < 4.78 is 6.04. The van der Waals surface area contributed by atoms with Crippen molar-refractivity contribution in [3.63, 3.8) is 0 Å². The van der Waals surface area contributed by atoms with Gasteiger partial charge in [-0.1, -0.05) is 26.8 Å². The van der Waals surface area contributed by atoms with Crippen LogP contribution in [-0.4, -0.2) is 24.8 Å². The first-order valence-corrected chi connectivity index (χ1v) is 6.68. The zero-order chi connectivity index (χ0) is 12.4. The minimum absolute atomic E-state index is 0.00618. The molecule has 0 bridgehead atoms. The lowest BCUT2D eigenvalue weighted by Crippen LogP contribution is -2.52. The van der Waals surface area contributed by atoms with Crippen molar-refractivity contribution < 1.29 is 4.74 Å². The molecule has 0 heterocycles. The molecule has 1 N–H and O–H groups in total. The molecule has 0 fully saturated rings. The van der Waals surface area contributed by atoms with Crippen molar-refractivity contribution in [1.29, 1.82) is 0 Å². The van der Waals surface area contributed by atoms with Crippen molar-refractivity contribution in [2.75, 3.05) is 13.2 Å². The van der Waals surface area contributed by atoms with Crippen molar-refractivity contribution >= 4 is 0 Å². The molecule has 96 valence electrons. The highest BCUT2D eigenvalue weighted by Crippen LogP contribution is 2.27. The van der Waals surface area contributed by atoms with E-state index in [2.05, 4.69) is 39.6 Å². The zero-order valence-corrected chi connectivity index (χ0v) is 11.5. The van der Waals surface area contributed by atoms with Crippen molar-refractivity contribution in [2.45, 2.75) is 65.0 Å². The predicted octanol–water partition coefficient (Wildman–Crippen LogP) is 3.53. The smallest absolute Gasteiger partial charge is 0.0829 e. The lowest BCUT2D eigenvalue weighted by molar-refractivity contribution is -0.0732. The minimum atomic E-state index is -0.00618. The van der Waals surface area contributed by atoms with E-state index in [1.165, 1.54) is 0 Å². The average molecular weight is 227 g/mol. The molecule has 0 aliphatic heterocycles. The van der Waals surface area contributed by atoms with Gasteiger partial charge in [-0.25, -0.2) is 0 Å². The van der Waals surface area contributed by atoms with Crippen LogP contribution in [0.5, 0.6) is 0 Å². The molecular weight excluding hydrogens is 198 g/mol. The van der Waals surface area contributed by atoms with Gasteiger partial charge >= 0.3 is 0 Å². The van der Waals surface area contributed by atoms with Crippen LogP contribution in [0, 0.1) is 0 Å². The van der Waals surface area contributed by atoms with Crippen LogP contribution < -0.4 is 5.32 Å². The van der Waals surface area contributed by atoms with E-state index in [1.807, 2.05) is 6.08 Å². The Morgan fingerprint density at radius 3 is 2.25 bits per heavy atom. The number of rotatable bonds is 10. The quantitative estimate of drug-likeness (QED) is 0.577. The number of nitrogens with one attached hydrogen (secondary N) is 1. The Bertz CT molecular complexity index is 176. The van der Waals surface area contributed by atoms with E-state index in [-0.39, 0.29) is 5.60 Å². The van der Waals surface area contributed by atoms with Gasteiger partial charge in [0.1, 0.15) is 0 Å². The zero-order valence-electron chi connectivity index (χ0n) is 11.5. The third-order valence-corrected chi connectivity index (χ3v) is 3.37. The van der Waals surface area contributed by atoms with Gasteiger partial charge in [0.15, 0.2) is 0 Å². The van der Waals surface area contributed by atoms with E-state index in [4.69, 9.17) is 4.74 Å². The molecular formula is C14H29NO. The predicted molar refractivity (Wildman–Crippen MR) is 71.8 cm³/mol. The van der Waals surface area contributed by atoms with Gasteiger partial charge in [0.05, 0.1) is 5.60 Å². The summed E-state index contributed by atoms with van der Waals surface area (Å²) >= 11 is 0. The highest BCUT2D eigenvalue weighted by Gasteiger charge is 2.35. The summed E-state index contributed by atoms with van der Waals surface area (Å²) in [6.45, 7) is 14.3. The summed E-state index contributed by atoms with van der Waals surface area (Å²) in [5, 5.41) is 3.57. The van der Waals surface area contributed by atoms with Crippen LogP contribution in [0.2, 0.25) is 0 Å². The second-order valence-electron chi connectivity index (χ2n) is 4.18. The molecule has 0 aliphatic rings. The van der Waals surface area contributed by atoms with Gasteiger partial charge in [-0.3, -0.25) is 0 Å². The first kappa shape index (κ1) is 15.7. The van der Waals surface area contributed by atoms with Crippen LogP contribution >= 0.6 is 0 Å². The standard InChI is InChI=1S/C14H29NO/c1-6-11-12-13(15-9-4)14(7-2,8-3)16-10-5/h6,13,15H,1,7-12H2,2-5H3. The van der Waals surface area contributed by atoms with Crippen molar-refractivity contribution in [3.8, 4) is 0 Å². The SMILES string of the molecule is C=CCCC(NCC)C(CC)(CC)OCC. The third-order valence-electron chi connectivity index (χ3n) is 3.37. The number of likely N-dealkylation sites (N-methyl/N-ethyl adjacent to an activating group) is 1. The second-order valence-corrected chi connectivity index (χ2v) is 4.18. The van der Waals surface area contributed by atoms with Gasteiger partial charge in [0.2, 0.25) is 0 Å². The lowest BCUT2D eigenvalue weighted by atomic mass is 9.85. The Labute approximate surface area is 101 Å². The van der Waals surface area contributed by atoms with Gasteiger partial charge in [0.25, 0.3) is 0 Å². The fraction of sp³-hybridized carbons (Fsp3) is 0.857. The summed E-state index contributed by atoms with van der Waals surface area (Å²) in [6, 6.07) is 0.436. The molecule has 1 unspecified atom stereocenters. The molecule has 0 rings (SSSR count). The molecule has 1 atom stereocenters. The summed E-state index contributed by atoms with van der Waals surface area (Å²) in [5.74, 6) is 0. The normalized spacial score (nSPS) is 13.8. The fourth-order valence-electron chi connectivity index (χ4n) is 2.42. The van der Waals surface area contributed by atoms with E-state index in [0.29, 0.717) is 6.04 Å². The molecule has 0 spiro atoms. The Morgan fingerprint density at radius 1 is 1.25 bits per heavy atom. The monoisotopic (exact) mass is 227 g/mol. The Balaban J connectivity index is 4.67. The molecule has 16 heavy (non-hydrogen) atoms. The van der Waals surface area contributed by atoms with Gasteiger partial charge in [-0.05, 0) is 39.2 Å². The van der Waals surface area contributed by atoms with Crippen LogP contribution in [0.3, 0.4) is 0 Å². The summed E-state index contributed by atoms with van der Waals surface area (Å²) in [7, 11) is 0. The fourth-order valence-corrected chi connectivity index (χ4v) is 2.42. The Morgan fingerprint density at radius 2 is 1.88 bits per heavy atom. The number of hydrogen-bond donors (Lipinski definition) is 1. The summed E-state index contributed by atoms with van der Waals surface area (Å²) in [4.78, 5) is 0. The molecule has 2 nitrogen and oxygen atoms in total. The van der Waals surface area contributed by atoms with Crippen LogP contribution in [0.4, 0.5) is 0 Å². The molecule has 0 radical (unpaired) electrons. The Kier molecular flexibility index (Phi) is 8.58. The van der Waals surface area contributed by atoms with Crippen LogP contribution in [-0.2, 0) is 4.74 Å². The topological polar surface area (TPSA) is 21.3 Å². The molecule has 0 aromatic carbocycles. The number of ether oxygens (including phenoxy) is 1. The van der Waals surface area contributed by atoms with Crippen LogP contribution in [0.1, 0.15) is 53.4 Å². The first-order valence-electron chi connectivity index (χ1n) is 6.68. The molecule has 0 saturated heterocycles. The maximum atomic E-state index is 6.04. The van der Waals surface area contributed by atoms with Crippen LogP contribution in [0.25, 0.3) is 0 Å². The van der Waals surface area contributed by atoms with Gasteiger partial charge < -0.3 is 10.1 Å². The van der Waals surface area contributed by atoms with Crippen molar-refractivity contribution in [2.24, 2.45) is 0 Å². The first-order chi connectivity index (χ1) is 7.70. The molecule has 0 aliphatic carbocycles. The van der Waals surface area contributed by atoms with Gasteiger partial charge in [-0.2, -0.15) is 0 Å². The second kappa shape index (κ2) is 8.77. The number of allylic oxidation sites excluding steroid dienone is 1. The summed E-state index contributed by atoms with van der Waals surface area (Å²) in [6.07, 6.45) is 6.27. The van der Waals surface area contributed by atoms with Gasteiger partial charge in [0, 0.05) is 12.6 Å². The molecule has 0 amide bonds. The Hall–Kier alpha value is -0.340. The number of hydrogen-bond acceptors (Lipinski definition) is 2.